The molecule has 1 aromatic carbocycles. The molecule has 106 valence electrons. The molecule has 1 amide bonds. The van der Waals surface area contributed by atoms with Crippen LogP contribution in [0.25, 0.3) is 10.9 Å². The van der Waals surface area contributed by atoms with Crippen LogP contribution in [-0.2, 0) is 7.05 Å². The fourth-order valence-electron chi connectivity index (χ4n) is 2.23. The number of nitrogens with two attached hydrogens (primary N) is 1. The van der Waals surface area contributed by atoms with Crippen LogP contribution in [0.15, 0.2) is 36.4 Å². The van der Waals surface area contributed by atoms with Crippen LogP contribution in [0.3, 0.4) is 0 Å². The molecule has 3 aromatic rings. The summed E-state index contributed by atoms with van der Waals surface area (Å²) in [6.07, 6.45) is 0. The van der Waals surface area contributed by atoms with Crippen molar-refractivity contribution in [3.05, 3.63) is 47.8 Å². The highest BCUT2D eigenvalue weighted by Crippen LogP contribution is 2.20. The van der Waals surface area contributed by atoms with Crippen molar-refractivity contribution >= 4 is 28.3 Å². The largest absolute Gasteiger partial charge is 0.398 e. The van der Waals surface area contributed by atoms with Crippen LogP contribution in [0.1, 0.15) is 16.2 Å². The minimum atomic E-state index is -0.310. The summed E-state index contributed by atoms with van der Waals surface area (Å²) in [4.78, 5) is 16.6. The van der Waals surface area contributed by atoms with E-state index in [2.05, 4.69) is 15.4 Å². The van der Waals surface area contributed by atoms with Crippen molar-refractivity contribution in [1.82, 2.24) is 14.8 Å². The number of nitrogens with zero attached hydrogens (tertiary/aromatic N) is 3. The van der Waals surface area contributed by atoms with Gasteiger partial charge < -0.3 is 11.1 Å². The first kappa shape index (κ1) is 13.1. The van der Waals surface area contributed by atoms with Crippen molar-refractivity contribution in [3.8, 4) is 0 Å². The van der Waals surface area contributed by atoms with Crippen molar-refractivity contribution in [2.45, 2.75) is 6.92 Å². The van der Waals surface area contributed by atoms with Crippen LogP contribution in [-0.4, -0.2) is 20.7 Å². The lowest BCUT2D eigenvalue weighted by Crippen LogP contribution is -2.16. The van der Waals surface area contributed by atoms with Gasteiger partial charge in [0.1, 0.15) is 11.5 Å². The third kappa shape index (κ3) is 2.43. The maximum Gasteiger partial charge on any atom is 0.275 e. The van der Waals surface area contributed by atoms with Gasteiger partial charge in [0.25, 0.3) is 5.91 Å². The number of amides is 1. The first-order chi connectivity index (χ1) is 10.0. The van der Waals surface area contributed by atoms with Gasteiger partial charge in [-0.3, -0.25) is 9.48 Å². The maximum absolute atomic E-state index is 12.3. The number of benzene rings is 1. The lowest BCUT2D eigenvalue weighted by molar-refractivity contribution is 0.102. The first-order valence-corrected chi connectivity index (χ1v) is 6.52. The Kier molecular flexibility index (Phi) is 3.06. The van der Waals surface area contributed by atoms with Crippen LogP contribution in [0.5, 0.6) is 0 Å². The second-order valence-electron chi connectivity index (χ2n) is 4.86. The third-order valence-electron chi connectivity index (χ3n) is 3.22. The highest BCUT2D eigenvalue weighted by Gasteiger charge is 2.13. The number of nitrogens with one attached hydrogen (secondary N) is 1. The van der Waals surface area contributed by atoms with E-state index in [1.807, 2.05) is 31.2 Å². The molecule has 0 atom stereocenters. The highest BCUT2D eigenvalue weighted by molar-refractivity contribution is 6.05. The normalized spacial score (nSPS) is 10.8. The molecule has 6 nitrogen and oxygen atoms in total. The van der Waals surface area contributed by atoms with Crippen LogP contribution >= 0.6 is 0 Å². The van der Waals surface area contributed by atoms with Gasteiger partial charge in [-0.05, 0) is 19.1 Å². The lowest BCUT2D eigenvalue weighted by Gasteiger charge is -2.07. The van der Waals surface area contributed by atoms with Gasteiger partial charge in [-0.25, -0.2) is 4.98 Å². The smallest absolute Gasteiger partial charge is 0.275 e. The molecule has 6 heteroatoms. The molecule has 0 bridgehead atoms. The molecule has 0 aliphatic rings. The van der Waals surface area contributed by atoms with Crippen molar-refractivity contribution in [2.24, 2.45) is 7.05 Å². The minimum Gasteiger partial charge on any atom is -0.398 e. The minimum absolute atomic E-state index is 0.282. The second kappa shape index (κ2) is 4.90. The Balaban J connectivity index is 1.96. The predicted octanol–water partition coefficient (Wildman–Crippen LogP) is 2.11. The summed E-state index contributed by atoms with van der Waals surface area (Å²) >= 11 is 0. The Hall–Kier alpha value is -2.89. The zero-order valence-corrected chi connectivity index (χ0v) is 11.8. The number of pyridine rings is 1. The van der Waals surface area contributed by atoms with E-state index in [1.54, 1.807) is 23.9 Å². The molecule has 0 unspecified atom stereocenters. The molecular formula is C15H15N5O. The molecule has 2 aromatic heterocycles. The molecule has 0 aliphatic carbocycles. The number of para-hydroxylation sites is 1. The maximum atomic E-state index is 12.3. The molecule has 3 N–H and O–H groups in total. The summed E-state index contributed by atoms with van der Waals surface area (Å²) in [5, 5.41) is 7.80. The van der Waals surface area contributed by atoms with Crippen molar-refractivity contribution < 1.29 is 4.79 Å². The molecule has 0 aliphatic heterocycles. The van der Waals surface area contributed by atoms with E-state index in [4.69, 9.17) is 5.73 Å². The molecule has 0 saturated carbocycles. The number of nitrogen functional groups attached to an aromatic ring is 1. The summed E-state index contributed by atoms with van der Waals surface area (Å²) in [6, 6.07) is 10.8. The molecule has 0 radical (unpaired) electrons. The number of carbonyl (C=O) groups is 1. The Morgan fingerprint density at radius 2 is 2.05 bits per heavy atom. The Morgan fingerprint density at radius 1 is 1.29 bits per heavy atom. The number of aromatic nitrogens is 3. The van der Waals surface area contributed by atoms with E-state index >= 15 is 0 Å². The third-order valence-corrected chi connectivity index (χ3v) is 3.22. The molecule has 0 saturated heterocycles. The van der Waals surface area contributed by atoms with Gasteiger partial charge in [-0.2, -0.15) is 5.10 Å². The van der Waals surface area contributed by atoms with Crippen molar-refractivity contribution in [3.63, 3.8) is 0 Å². The molecule has 0 fully saturated rings. The number of aryl methyl sites for hydroxylation is 2. The Labute approximate surface area is 121 Å². The summed E-state index contributed by atoms with van der Waals surface area (Å²) in [7, 11) is 1.77. The van der Waals surface area contributed by atoms with Gasteiger partial charge in [0.05, 0.1) is 11.2 Å². The van der Waals surface area contributed by atoms with Gasteiger partial charge in [-0.15, -0.1) is 0 Å². The fourth-order valence-corrected chi connectivity index (χ4v) is 2.23. The van der Waals surface area contributed by atoms with Crippen LogP contribution < -0.4 is 11.1 Å². The van der Waals surface area contributed by atoms with Gasteiger partial charge in [0.2, 0.25) is 0 Å². The SMILES string of the molecule is Cc1cc(NC(=O)c2cc(N)c3ccccc3n2)n(C)n1. The van der Waals surface area contributed by atoms with E-state index in [0.717, 1.165) is 11.1 Å². The number of anilines is 2. The number of fused-ring (bicyclic) bond motifs is 1. The molecule has 0 spiro atoms. The van der Waals surface area contributed by atoms with Gasteiger partial charge in [-0.1, -0.05) is 18.2 Å². The second-order valence-corrected chi connectivity index (χ2v) is 4.86. The van der Waals surface area contributed by atoms with E-state index in [1.165, 1.54) is 0 Å². The number of hydrogen-bond donors (Lipinski definition) is 2. The molecular weight excluding hydrogens is 266 g/mol. The monoisotopic (exact) mass is 281 g/mol. The molecule has 2 heterocycles. The van der Waals surface area contributed by atoms with E-state index < -0.39 is 0 Å². The zero-order valence-electron chi connectivity index (χ0n) is 11.8. The Morgan fingerprint density at radius 3 is 2.76 bits per heavy atom. The van der Waals surface area contributed by atoms with E-state index in [9.17, 15) is 4.79 Å². The lowest BCUT2D eigenvalue weighted by atomic mass is 10.1. The topological polar surface area (TPSA) is 85.8 Å². The summed E-state index contributed by atoms with van der Waals surface area (Å²) in [6.45, 7) is 1.86. The average molecular weight is 281 g/mol. The van der Waals surface area contributed by atoms with E-state index in [0.29, 0.717) is 17.0 Å². The summed E-state index contributed by atoms with van der Waals surface area (Å²) < 4.78 is 1.61. The van der Waals surface area contributed by atoms with Crippen molar-refractivity contribution in [2.75, 3.05) is 11.1 Å². The van der Waals surface area contributed by atoms with Crippen LogP contribution in [0.2, 0.25) is 0 Å². The van der Waals surface area contributed by atoms with Gasteiger partial charge >= 0.3 is 0 Å². The van der Waals surface area contributed by atoms with Crippen LogP contribution in [0, 0.1) is 6.92 Å². The standard InChI is InChI=1S/C15H15N5O/c1-9-7-14(20(2)19-9)18-15(21)13-8-11(16)10-5-3-4-6-12(10)17-13/h3-8H,1-2H3,(H2,16,17)(H,18,21). The number of carbonyl (C=O) groups excluding carboxylic acids is 1. The summed E-state index contributed by atoms with van der Waals surface area (Å²) in [5.41, 5.74) is 8.33. The molecule has 3 rings (SSSR count). The average Bonchev–Trinajstić information content (AvgIpc) is 2.77. The Bertz CT molecular complexity index is 837. The molecule has 21 heavy (non-hydrogen) atoms. The highest BCUT2D eigenvalue weighted by atomic mass is 16.2. The fraction of sp³-hybridized carbons (Fsp3) is 0.133. The predicted molar refractivity (Wildman–Crippen MR) is 82.1 cm³/mol. The summed E-state index contributed by atoms with van der Waals surface area (Å²) in [5.74, 6) is 0.307. The number of hydrogen-bond acceptors (Lipinski definition) is 4. The van der Waals surface area contributed by atoms with Gasteiger partial charge in [0.15, 0.2) is 0 Å². The first-order valence-electron chi connectivity index (χ1n) is 6.52. The van der Waals surface area contributed by atoms with Crippen LogP contribution in [0.4, 0.5) is 11.5 Å². The van der Waals surface area contributed by atoms with E-state index in [-0.39, 0.29) is 11.6 Å². The van der Waals surface area contributed by atoms with Crippen molar-refractivity contribution in [1.29, 1.82) is 0 Å². The van der Waals surface area contributed by atoms with Gasteiger partial charge in [0, 0.05) is 24.2 Å². The zero-order chi connectivity index (χ0) is 15.0. The number of rotatable bonds is 2. The quantitative estimate of drug-likeness (QED) is 0.753.